The Bertz CT molecular complexity index is 1560. The van der Waals surface area contributed by atoms with Gasteiger partial charge in [-0.3, -0.25) is 4.57 Å². The van der Waals surface area contributed by atoms with Crippen molar-refractivity contribution in [1.82, 2.24) is 34.5 Å². The number of aliphatic hydroxyl groups excluding tert-OH is 1. The largest absolute Gasteiger partial charge is 0.389 e. The third-order valence-electron chi connectivity index (χ3n) is 5.61. The number of anilines is 2. The van der Waals surface area contributed by atoms with E-state index in [4.69, 9.17) is 0 Å². The summed E-state index contributed by atoms with van der Waals surface area (Å²) in [6, 6.07) is 12.7. The quantitative estimate of drug-likeness (QED) is 0.282. The van der Waals surface area contributed by atoms with Gasteiger partial charge in [0.25, 0.3) is 12.9 Å². The number of hydrogen-bond donors (Lipinski definition) is 2. The minimum Gasteiger partial charge on any atom is -0.389 e. The Labute approximate surface area is 207 Å². The van der Waals surface area contributed by atoms with E-state index in [1.807, 2.05) is 13.0 Å². The summed E-state index contributed by atoms with van der Waals surface area (Å²) in [6.07, 6.45) is -5.77. The summed E-state index contributed by atoms with van der Waals surface area (Å²) in [5.41, 5.74) is 1.32. The number of nitrogens with one attached hydrogen (secondary N) is 1. The third kappa shape index (κ3) is 4.72. The maximum Gasteiger partial charge on any atom is 0.282 e. The van der Waals surface area contributed by atoms with Gasteiger partial charge < -0.3 is 10.4 Å². The molecule has 0 aliphatic carbocycles. The van der Waals surface area contributed by atoms with Crippen molar-refractivity contribution >= 4 is 22.5 Å². The minimum atomic E-state index is -3.09. The third-order valence-corrected chi connectivity index (χ3v) is 5.61. The maximum atomic E-state index is 13.7. The van der Waals surface area contributed by atoms with Gasteiger partial charge in [-0.05, 0) is 62.4 Å². The van der Waals surface area contributed by atoms with Crippen LogP contribution in [0.5, 0.6) is 0 Å². The van der Waals surface area contributed by atoms with Crippen LogP contribution in [0.3, 0.4) is 0 Å². The number of fused-ring (bicyclic) bond motifs is 1. The molecular formula is C24H20F4N8O. The van der Waals surface area contributed by atoms with Crippen LogP contribution in [0.4, 0.5) is 29.1 Å². The van der Waals surface area contributed by atoms with Crippen molar-refractivity contribution in [3.05, 3.63) is 77.5 Å². The lowest BCUT2D eigenvalue weighted by molar-refractivity contribution is 0.142. The molecular weight excluding hydrogens is 492 g/mol. The number of rotatable bonds is 7. The molecule has 0 saturated heterocycles. The Morgan fingerprint density at radius 2 is 1.76 bits per heavy atom. The minimum absolute atomic E-state index is 0.143. The molecule has 5 aromatic rings. The predicted molar refractivity (Wildman–Crippen MR) is 127 cm³/mol. The van der Waals surface area contributed by atoms with Gasteiger partial charge in [-0.25, -0.2) is 32.2 Å². The second-order valence-electron chi connectivity index (χ2n) is 8.27. The van der Waals surface area contributed by atoms with Gasteiger partial charge in [0, 0.05) is 11.3 Å². The first-order chi connectivity index (χ1) is 17.7. The summed E-state index contributed by atoms with van der Waals surface area (Å²) in [6.45, 7) is 3.25. The number of aryl methyl sites for hydroxylation is 1. The number of aliphatic hydroxyl groups is 1. The number of halogens is 4. The summed E-state index contributed by atoms with van der Waals surface area (Å²) < 4.78 is 56.1. The lowest BCUT2D eigenvalue weighted by Crippen LogP contribution is -2.12. The van der Waals surface area contributed by atoms with Crippen LogP contribution in [0, 0.1) is 6.92 Å². The normalized spacial score (nSPS) is 12.6. The monoisotopic (exact) mass is 512 g/mol. The molecule has 190 valence electrons. The molecule has 1 atom stereocenters. The molecule has 0 unspecified atom stereocenters. The van der Waals surface area contributed by atoms with E-state index in [1.54, 1.807) is 34.9 Å². The molecule has 13 heteroatoms. The average Bonchev–Trinajstić information content (AvgIpc) is 3.50. The lowest BCUT2D eigenvalue weighted by atomic mass is 10.1. The molecule has 4 aromatic heterocycles. The summed E-state index contributed by atoms with van der Waals surface area (Å²) in [5.74, 6) is 0.635. The molecule has 0 aliphatic rings. The fourth-order valence-corrected chi connectivity index (χ4v) is 3.81. The van der Waals surface area contributed by atoms with Crippen molar-refractivity contribution < 1.29 is 22.7 Å². The Morgan fingerprint density at radius 3 is 2.43 bits per heavy atom. The molecule has 9 nitrogen and oxygen atoms in total. The summed E-state index contributed by atoms with van der Waals surface area (Å²) in [4.78, 5) is 8.82. The van der Waals surface area contributed by atoms with Crippen molar-refractivity contribution in [2.75, 3.05) is 5.32 Å². The molecule has 37 heavy (non-hydrogen) atoms. The van der Waals surface area contributed by atoms with Gasteiger partial charge in [0.2, 0.25) is 0 Å². The molecule has 0 aliphatic heterocycles. The highest BCUT2D eigenvalue weighted by Crippen LogP contribution is 2.31. The highest BCUT2D eigenvalue weighted by atomic mass is 19.3. The smallest absolute Gasteiger partial charge is 0.282 e. The highest BCUT2D eigenvalue weighted by molar-refractivity contribution is 5.82. The van der Waals surface area contributed by atoms with Crippen LogP contribution in [0.1, 0.15) is 48.5 Å². The molecule has 5 rings (SSSR count). The molecule has 1 aromatic carbocycles. The number of aromatic nitrogens is 7. The van der Waals surface area contributed by atoms with Crippen LogP contribution < -0.4 is 5.32 Å². The fraction of sp³-hybridized carbons (Fsp3) is 0.208. The average molecular weight is 512 g/mol. The predicted octanol–water partition coefficient (Wildman–Crippen LogP) is 5.38. The summed E-state index contributed by atoms with van der Waals surface area (Å²) >= 11 is 0. The summed E-state index contributed by atoms with van der Waals surface area (Å²) in [5, 5.41) is 25.1. The number of pyridine rings is 1. The zero-order chi connectivity index (χ0) is 26.3. The molecule has 0 fully saturated rings. The molecule has 0 amide bonds. The van der Waals surface area contributed by atoms with Crippen LogP contribution in [0.2, 0.25) is 0 Å². The van der Waals surface area contributed by atoms with Crippen molar-refractivity contribution in [3.63, 3.8) is 0 Å². The van der Waals surface area contributed by atoms with E-state index in [9.17, 15) is 22.7 Å². The molecule has 0 spiro atoms. The van der Waals surface area contributed by atoms with Gasteiger partial charge in [0.15, 0.2) is 11.6 Å². The van der Waals surface area contributed by atoms with Crippen LogP contribution in [0.15, 0.2) is 54.9 Å². The number of hydrogen-bond acceptors (Lipinski definition) is 7. The Balaban J connectivity index is 1.57. The van der Waals surface area contributed by atoms with Gasteiger partial charge >= 0.3 is 0 Å². The molecule has 2 N–H and O–H groups in total. The number of alkyl halides is 4. The summed E-state index contributed by atoms with van der Waals surface area (Å²) in [7, 11) is 0. The Kier molecular flexibility index (Phi) is 6.29. The second-order valence-corrected chi connectivity index (χ2v) is 8.27. The standard InChI is InChI=1S/C24H20F4N8O/c1-12-3-7-20(33-32-12)30-14-4-6-18-16(9-14)29-11-35(18)21-8-5-15(13(2)37)24(31-21)36-19(23(27)28)10-17(34-36)22(25)26/h3-11,13,22-23,37H,1-2H3,(H,30,33)/t13-/m1/s1. The van der Waals surface area contributed by atoms with E-state index in [1.165, 1.54) is 19.3 Å². The Hall–Kier alpha value is -4.39. The highest BCUT2D eigenvalue weighted by Gasteiger charge is 2.25. The Morgan fingerprint density at radius 1 is 0.946 bits per heavy atom. The molecule has 0 radical (unpaired) electrons. The molecule has 0 saturated carbocycles. The van der Waals surface area contributed by atoms with Crippen LogP contribution in [-0.2, 0) is 0 Å². The van der Waals surface area contributed by atoms with E-state index >= 15 is 0 Å². The van der Waals surface area contributed by atoms with Crippen molar-refractivity contribution in [2.24, 2.45) is 0 Å². The van der Waals surface area contributed by atoms with E-state index < -0.39 is 30.3 Å². The molecule has 4 heterocycles. The molecule has 0 bridgehead atoms. The van der Waals surface area contributed by atoms with Crippen molar-refractivity contribution in [1.29, 1.82) is 0 Å². The topological polar surface area (TPSA) is 107 Å². The lowest BCUT2D eigenvalue weighted by Gasteiger charge is -2.15. The zero-order valence-corrected chi connectivity index (χ0v) is 19.5. The first kappa shape index (κ1) is 24.3. The van der Waals surface area contributed by atoms with E-state index in [-0.39, 0.29) is 17.2 Å². The zero-order valence-electron chi connectivity index (χ0n) is 19.5. The number of benzene rings is 1. The number of imidazole rings is 1. The first-order valence-electron chi connectivity index (χ1n) is 11.1. The van der Waals surface area contributed by atoms with Gasteiger partial charge in [0.1, 0.15) is 23.5 Å². The number of nitrogens with zero attached hydrogens (tertiary/aromatic N) is 7. The van der Waals surface area contributed by atoms with E-state index in [2.05, 4.69) is 30.6 Å². The van der Waals surface area contributed by atoms with Crippen molar-refractivity contribution in [2.45, 2.75) is 32.8 Å². The van der Waals surface area contributed by atoms with Gasteiger partial charge in [-0.1, -0.05) is 0 Å². The van der Waals surface area contributed by atoms with Gasteiger partial charge in [-0.15, -0.1) is 5.10 Å². The van der Waals surface area contributed by atoms with Crippen LogP contribution in [0.25, 0.3) is 22.7 Å². The van der Waals surface area contributed by atoms with Crippen LogP contribution in [-0.4, -0.2) is 39.6 Å². The SMILES string of the molecule is Cc1ccc(Nc2ccc3c(c2)ncn3-c2ccc([C@@H](C)O)c(-n3nc(C(F)F)cc3C(F)F)n2)nn1. The van der Waals surface area contributed by atoms with Crippen molar-refractivity contribution in [3.8, 4) is 11.6 Å². The van der Waals surface area contributed by atoms with Gasteiger partial charge in [0.05, 0.1) is 22.8 Å². The second kappa shape index (κ2) is 9.58. The van der Waals surface area contributed by atoms with Crippen LogP contribution >= 0.6 is 0 Å². The van der Waals surface area contributed by atoms with Gasteiger partial charge in [-0.2, -0.15) is 10.2 Å². The first-order valence-corrected chi connectivity index (χ1v) is 11.1. The fourth-order valence-electron chi connectivity index (χ4n) is 3.81. The maximum absolute atomic E-state index is 13.7. The van der Waals surface area contributed by atoms with E-state index in [0.29, 0.717) is 33.3 Å². The van der Waals surface area contributed by atoms with E-state index in [0.717, 1.165) is 5.69 Å².